The number of thiophene rings is 1. The second-order valence-corrected chi connectivity index (χ2v) is 3.43. The van der Waals surface area contributed by atoms with E-state index in [1.165, 1.54) is 0 Å². The van der Waals surface area contributed by atoms with Gasteiger partial charge in [0.2, 0.25) is 0 Å². The highest BCUT2D eigenvalue weighted by molar-refractivity contribution is 7.18. The van der Waals surface area contributed by atoms with E-state index in [1.807, 2.05) is 17.5 Å². The fourth-order valence-corrected chi connectivity index (χ4v) is 2.01. The van der Waals surface area contributed by atoms with Gasteiger partial charge in [-0.3, -0.25) is 0 Å². The Balaban J connectivity index is 2.80. The lowest BCUT2D eigenvalue weighted by Gasteiger charge is -1.91. The third kappa shape index (κ3) is 1.01. The Morgan fingerprint density at radius 3 is 3.00 bits per heavy atom. The third-order valence-electron chi connectivity index (χ3n) is 1.73. The van der Waals surface area contributed by atoms with Crippen molar-refractivity contribution >= 4 is 34.7 Å². The first-order valence-corrected chi connectivity index (χ1v) is 4.36. The lowest BCUT2D eigenvalue weighted by Crippen LogP contribution is -1.96. The second-order valence-electron chi connectivity index (χ2n) is 2.51. The molecule has 0 saturated heterocycles. The minimum Gasteiger partial charge on any atom is -0.192 e. The molecule has 1 aromatic heterocycles. The lowest BCUT2D eigenvalue weighted by atomic mass is 9.95. The zero-order valence-corrected chi connectivity index (χ0v) is 7.06. The highest BCUT2D eigenvalue weighted by Gasteiger charge is 1.99. The predicted octanol–water partition coefficient (Wildman–Crippen LogP) is 1.57. The van der Waals surface area contributed by atoms with E-state index in [9.17, 15) is 0 Å². The number of rotatable bonds is 0. The van der Waals surface area contributed by atoms with Crippen LogP contribution in [0.3, 0.4) is 0 Å². The van der Waals surface area contributed by atoms with Crippen molar-refractivity contribution in [1.29, 1.82) is 5.26 Å². The highest BCUT2D eigenvalue weighted by atomic mass is 32.1. The van der Waals surface area contributed by atoms with Gasteiger partial charge in [0, 0.05) is 4.70 Å². The molecule has 12 heavy (non-hydrogen) atoms. The molecule has 0 aliphatic carbocycles. The summed E-state index contributed by atoms with van der Waals surface area (Å²) in [5.74, 6) is 0. The number of benzene rings is 1. The summed E-state index contributed by atoms with van der Waals surface area (Å²) < 4.78 is 1.08. The summed E-state index contributed by atoms with van der Waals surface area (Å²) in [5.41, 5.74) is 1.48. The van der Waals surface area contributed by atoms with Gasteiger partial charge in [-0.2, -0.15) is 5.26 Å². The summed E-state index contributed by atoms with van der Waals surface area (Å²) in [6.45, 7) is 0. The second kappa shape index (κ2) is 2.65. The van der Waals surface area contributed by atoms with Gasteiger partial charge in [-0.1, -0.05) is 11.5 Å². The Labute approximate surface area is 75.7 Å². The van der Waals surface area contributed by atoms with Gasteiger partial charge in [-0.25, -0.2) is 0 Å². The number of nitriles is 1. The van der Waals surface area contributed by atoms with Gasteiger partial charge in [0.25, 0.3) is 0 Å². The van der Waals surface area contributed by atoms with E-state index in [4.69, 9.17) is 13.1 Å². The fraction of sp³-hybridized carbons (Fsp3) is 0. The van der Waals surface area contributed by atoms with Crippen molar-refractivity contribution < 1.29 is 0 Å². The van der Waals surface area contributed by atoms with E-state index >= 15 is 0 Å². The van der Waals surface area contributed by atoms with Gasteiger partial charge < -0.3 is 0 Å². The highest BCUT2D eigenvalue weighted by Crippen LogP contribution is 2.19. The largest absolute Gasteiger partial charge is 0.192 e. The summed E-state index contributed by atoms with van der Waals surface area (Å²) in [4.78, 5) is 0. The van der Waals surface area contributed by atoms with Gasteiger partial charge in [0.15, 0.2) is 0 Å². The SMILES string of the molecule is [B]c1csc2cc(C#N)ccc12. The molecule has 0 saturated carbocycles. The molecule has 1 aromatic carbocycles. The molecule has 0 unspecified atom stereocenters. The van der Waals surface area contributed by atoms with E-state index in [0.717, 1.165) is 15.5 Å². The Hall–Kier alpha value is -1.27. The average molecular weight is 169 g/mol. The van der Waals surface area contributed by atoms with Crippen molar-refractivity contribution in [1.82, 2.24) is 0 Å². The molecule has 0 atom stereocenters. The van der Waals surface area contributed by atoms with Crippen molar-refractivity contribution in [2.45, 2.75) is 0 Å². The third-order valence-corrected chi connectivity index (χ3v) is 2.70. The molecule has 3 heteroatoms. The van der Waals surface area contributed by atoms with Gasteiger partial charge in [-0.05, 0) is 22.9 Å². The smallest absolute Gasteiger partial charge is 0.115 e. The molecule has 1 heterocycles. The van der Waals surface area contributed by atoms with Crippen LogP contribution in [0.1, 0.15) is 5.56 Å². The first kappa shape index (κ1) is 7.39. The van der Waals surface area contributed by atoms with Crippen LogP contribution in [-0.4, -0.2) is 7.85 Å². The molecular formula is C9H4BNS. The first-order valence-electron chi connectivity index (χ1n) is 3.48. The van der Waals surface area contributed by atoms with Gasteiger partial charge in [0.1, 0.15) is 7.85 Å². The van der Waals surface area contributed by atoms with Gasteiger partial charge >= 0.3 is 0 Å². The van der Waals surface area contributed by atoms with E-state index in [0.29, 0.717) is 5.56 Å². The fourth-order valence-electron chi connectivity index (χ4n) is 1.12. The standard InChI is InChI=1S/C9H4BNS/c10-8-5-12-9-3-6(4-11)1-2-7(8)9/h1-3,5H. The average Bonchev–Trinajstić information content (AvgIpc) is 2.47. The maximum absolute atomic E-state index is 8.63. The van der Waals surface area contributed by atoms with Crippen LogP contribution in [0.25, 0.3) is 10.1 Å². The maximum atomic E-state index is 8.63. The van der Waals surface area contributed by atoms with Crippen LogP contribution < -0.4 is 5.46 Å². The molecular weight excluding hydrogens is 165 g/mol. The van der Waals surface area contributed by atoms with Crippen LogP contribution in [0.4, 0.5) is 0 Å². The molecule has 0 aliphatic rings. The molecule has 0 bridgehead atoms. The summed E-state index contributed by atoms with van der Waals surface area (Å²) in [5, 5.41) is 11.6. The van der Waals surface area contributed by atoms with Crippen LogP contribution in [0.5, 0.6) is 0 Å². The summed E-state index contributed by atoms with van der Waals surface area (Å²) in [6, 6.07) is 7.62. The molecule has 0 spiro atoms. The molecule has 0 fully saturated rings. The van der Waals surface area contributed by atoms with Crippen LogP contribution in [-0.2, 0) is 0 Å². The van der Waals surface area contributed by atoms with E-state index < -0.39 is 0 Å². The Morgan fingerprint density at radius 2 is 2.25 bits per heavy atom. The molecule has 0 N–H and O–H groups in total. The van der Waals surface area contributed by atoms with E-state index in [-0.39, 0.29) is 0 Å². The van der Waals surface area contributed by atoms with Gasteiger partial charge in [-0.15, -0.1) is 11.3 Å². The van der Waals surface area contributed by atoms with Crippen LogP contribution in [0.2, 0.25) is 0 Å². The number of hydrogen-bond acceptors (Lipinski definition) is 2. The van der Waals surface area contributed by atoms with Gasteiger partial charge in [0.05, 0.1) is 11.6 Å². The minimum atomic E-state index is 0.685. The summed E-state index contributed by atoms with van der Waals surface area (Å²) in [6.07, 6.45) is 0. The van der Waals surface area contributed by atoms with Crippen molar-refractivity contribution in [3.05, 3.63) is 29.1 Å². The first-order chi connectivity index (χ1) is 5.81. The summed E-state index contributed by atoms with van der Waals surface area (Å²) >= 11 is 1.57. The number of hydrogen-bond donors (Lipinski definition) is 0. The Morgan fingerprint density at radius 1 is 1.42 bits per heavy atom. The van der Waals surface area contributed by atoms with Crippen LogP contribution >= 0.6 is 11.3 Å². The molecule has 54 valence electrons. The molecule has 0 amide bonds. The van der Waals surface area contributed by atoms with Crippen molar-refractivity contribution in [2.24, 2.45) is 0 Å². The topological polar surface area (TPSA) is 23.8 Å². The summed E-state index contributed by atoms with van der Waals surface area (Å²) in [7, 11) is 5.70. The molecule has 0 aliphatic heterocycles. The molecule has 1 nitrogen and oxygen atoms in total. The zero-order valence-electron chi connectivity index (χ0n) is 6.24. The molecule has 2 rings (SSSR count). The Kier molecular flexibility index (Phi) is 1.63. The van der Waals surface area contributed by atoms with Crippen LogP contribution in [0.15, 0.2) is 23.6 Å². The number of nitrogens with zero attached hydrogens (tertiary/aromatic N) is 1. The van der Waals surface area contributed by atoms with Crippen molar-refractivity contribution in [3.8, 4) is 6.07 Å². The predicted molar refractivity (Wildman–Crippen MR) is 51.9 cm³/mol. The molecule has 2 radical (unpaired) electrons. The van der Waals surface area contributed by atoms with E-state index in [2.05, 4.69) is 6.07 Å². The normalized spacial score (nSPS) is 9.92. The molecule has 2 aromatic rings. The Bertz CT molecular complexity index is 467. The minimum absolute atomic E-state index is 0.685. The lowest BCUT2D eigenvalue weighted by molar-refractivity contribution is 1.50. The van der Waals surface area contributed by atoms with Crippen LogP contribution in [0, 0.1) is 11.3 Å². The van der Waals surface area contributed by atoms with E-state index in [1.54, 1.807) is 17.4 Å². The quantitative estimate of drug-likeness (QED) is 0.549. The zero-order chi connectivity index (χ0) is 8.55. The monoisotopic (exact) mass is 169 g/mol. The van der Waals surface area contributed by atoms with Crippen molar-refractivity contribution in [3.63, 3.8) is 0 Å². The number of fused-ring (bicyclic) bond motifs is 1. The van der Waals surface area contributed by atoms with Crippen molar-refractivity contribution in [2.75, 3.05) is 0 Å². The maximum Gasteiger partial charge on any atom is 0.115 e.